The topological polar surface area (TPSA) is 75.7 Å². The van der Waals surface area contributed by atoms with Crippen molar-refractivity contribution in [2.45, 2.75) is 49.8 Å². The second kappa shape index (κ2) is 9.06. The van der Waals surface area contributed by atoms with E-state index < -0.39 is 10.0 Å². The van der Waals surface area contributed by atoms with Crippen molar-refractivity contribution in [2.24, 2.45) is 11.8 Å². The predicted molar refractivity (Wildman–Crippen MR) is 104 cm³/mol. The smallest absolute Gasteiger partial charge is 0.240 e. The van der Waals surface area contributed by atoms with E-state index in [-0.39, 0.29) is 16.7 Å². The van der Waals surface area contributed by atoms with Gasteiger partial charge >= 0.3 is 0 Å². The molecule has 6 nitrogen and oxygen atoms in total. The Hall–Kier alpha value is -1.60. The van der Waals surface area contributed by atoms with Gasteiger partial charge in [0, 0.05) is 26.1 Å². The Morgan fingerprint density at radius 3 is 2.44 bits per heavy atom. The Balaban J connectivity index is 1.51. The van der Waals surface area contributed by atoms with E-state index in [2.05, 4.69) is 4.72 Å². The fourth-order valence-corrected chi connectivity index (χ4v) is 5.23. The number of benzene rings is 1. The molecule has 3 rings (SSSR count). The fraction of sp³-hybridized carbons (Fsp3) is 0.650. The van der Waals surface area contributed by atoms with Crippen molar-refractivity contribution in [1.82, 2.24) is 9.62 Å². The minimum Gasteiger partial charge on any atom is -0.497 e. The summed E-state index contributed by atoms with van der Waals surface area (Å²) in [6.45, 7) is 1.81. The molecule has 0 aromatic heterocycles. The third-order valence-electron chi connectivity index (χ3n) is 5.74. The summed E-state index contributed by atoms with van der Waals surface area (Å²) < 4.78 is 32.7. The molecule has 7 heteroatoms. The van der Waals surface area contributed by atoms with Crippen LogP contribution < -0.4 is 9.46 Å². The number of piperidine rings is 1. The zero-order valence-electron chi connectivity index (χ0n) is 16.0. The molecule has 2 fully saturated rings. The normalized spacial score (nSPS) is 21.4. The van der Waals surface area contributed by atoms with Gasteiger partial charge in [0.2, 0.25) is 15.9 Å². The molecule has 27 heavy (non-hydrogen) atoms. The van der Waals surface area contributed by atoms with Crippen LogP contribution in [0.1, 0.15) is 44.9 Å². The van der Waals surface area contributed by atoms with Gasteiger partial charge in [0.1, 0.15) is 5.75 Å². The molecule has 1 heterocycles. The van der Waals surface area contributed by atoms with Crippen molar-refractivity contribution in [3.8, 4) is 5.75 Å². The van der Waals surface area contributed by atoms with Crippen molar-refractivity contribution in [2.75, 3.05) is 26.7 Å². The summed E-state index contributed by atoms with van der Waals surface area (Å²) in [7, 11) is -2.00. The highest BCUT2D eigenvalue weighted by molar-refractivity contribution is 7.89. The number of nitrogens with zero attached hydrogens (tertiary/aromatic N) is 1. The SMILES string of the molecule is COc1ccc(S(=O)(=O)NC[C@H]2CCCN(C(=O)CC3CCCC3)C2)cc1. The Labute approximate surface area is 162 Å². The Bertz CT molecular complexity index is 727. The van der Waals surface area contributed by atoms with Crippen LogP contribution in [-0.2, 0) is 14.8 Å². The van der Waals surface area contributed by atoms with Crippen LogP contribution >= 0.6 is 0 Å². The first-order valence-corrected chi connectivity index (χ1v) is 11.4. The number of nitrogens with one attached hydrogen (secondary N) is 1. The quantitative estimate of drug-likeness (QED) is 0.772. The van der Waals surface area contributed by atoms with Crippen LogP contribution in [0.15, 0.2) is 29.2 Å². The van der Waals surface area contributed by atoms with E-state index in [0.717, 1.165) is 19.4 Å². The van der Waals surface area contributed by atoms with Gasteiger partial charge < -0.3 is 9.64 Å². The molecule has 1 amide bonds. The van der Waals surface area contributed by atoms with E-state index in [1.165, 1.54) is 25.7 Å². The highest BCUT2D eigenvalue weighted by Gasteiger charge is 2.27. The maximum Gasteiger partial charge on any atom is 0.240 e. The van der Waals surface area contributed by atoms with Gasteiger partial charge in [-0.3, -0.25) is 4.79 Å². The first kappa shape index (κ1) is 20.1. The molecule has 150 valence electrons. The van der Waals surface area contributed by atoms with Crippen molar-refractivity contribution in [3.63, 3.8) is 0 Å². The van der Waals surface area contributed by atoms with Crippen LogP contribution in [0.4, 0.5) is 0 Å². The number of ether oxygens (including phenoxy) is 1. The average Bonchev–Trinajstić information content (AvgIpc) is 3.20. The molecular formula is C20H30N2O4S. The standard InChI is InChI=1S/C20H30N2O4S/c1-26-18-8-10-19(11-9-18)27(24,25)21-14-17-7-4-12-22(15-17)20(23)13-16-5-2-3-6-16/h8-11,16-17,21H,2-7,12-15H2,1H3/t17-/m1/s1. The number of rotatable bonds is 7. The molecule has 1 aliphatic heterocycles. The van der Waals surface area contributed by atoms with Crippen LogP contribution in [0.3, 0.4) is 0 Å². The molecule has 1 saturated carbocycles. The van der Waals surface area contributed by atoms with Gasteiger partial charge in [-0.25, -0.2) is 13.1 Å². The van der Waals surface area contributed by atoms with Crippen LogP contribution in [0.25, 0.3) is 0 Å². The first-order valence-electron chi connectivity index (χ1n) is 9.89. The molecule has 1 aromatic rings. The number of likely N-dealkylation sites (tertiary alicyclic amines) is 1. The molecular weight excluding hydrogens is 364 g/mol. The lowest BCUT2D eigenvalue weighted by Crippen LogP contribution is -2.44. The van der Waals surface area contributed by atoms with Crippen molar-refractivity contribution in [3.05, 3.63) is 24.3 Å². The summed E-state index contributed by atoms with van der Waals surface area (Å²) >= 11 is 0. The Morgan fingerprint density at radius 1 is 1.11 bits per heavy atom. The zero-order chi connectivity index (χ0) is 19.3. The number of carbonyl (C=O) groups is 1. The van der Waals surface area contributed by atoms with E-state index in [9.17, 15) is 13.2 Å². The second-order valence-electron chi connectivity index (χ2n) is 7.73. The number of carbonyl (C=O) groups excluding carboxylic acids is 1. The molecule has 0 bridgehead atoms. The number of hydrogen-bond donors (Lipinski definition) is 1. The number of hydrogen-bond acceptors (Lipinski definition) is 4. The van der Waals surface area contributed by atoms with Gasteiger partial charge in [-0.05, 0) is 61.8 Å². The molecule has 2 aliphatic rings. The average molecular weight is 395 g/mol. The highest BCUT2D eigenvalue weighted by atomic mass is 32.2. The number of methoxy groups -OCH3 is 1. The van der Waals surface area contributed by atoms with Crippen LogP contribution in [-0.4, -0.2) is 46.0 Å². The van der Waals surface area contributed by atoms with Crippen molar-refractivity contribution < 1.29 is 17.9 Å². The van der Waals surface area contributed by atoms with Gasteiger partial charge in [-0.1, -0.05) is 12.8 Å². The molecule has 1 atom stereocenters. The van der Waals surface area contributed by atoms with E-state index >= 15 is 0 Å². The highest BCUT2D eigenvalue weighted by Crippen LogP contribution is 2.29. The molecule has 0 radical (unpaired) electrons. The minimum absolute atomic E-state index is 0.166. The summed E-state index contributed by atoms with van der Waals surface area (Å²) in [5.41, 5.74) is 0. The summed E-state index contributed by atoms with van der Waals surface area (Å²) in [6.07, 6.45) is 7.37. The van der Waals surface area contributed by atoms with Gasteiger partial charge in [0.05, 0.1) is 12.0 Å². The Kier molecular flexibility index (Phi) is 6.76. The zero-order valence-corrected chi connectivity index (χ0v) is 16.8. The molecule has 1 aromatic carbocycles. The van der Waals surface area contributed by atoms with Crippen LogP contribution in [0.5, 0.6) is 5.75 Å². The molecule has 0 unspecified atom stereocenters. The lowest BCUT2D eigenvalue weighted by Gasteiger charge is -2.33. The predicted octanol–water partition coefficient (Wildman–Crippen LogP) is 2.79. The number of sulfonamides is 1. The van der Waals surface area contributed by atoms with Crippen LogP contribution in [0, 0.1) is 11.8 Å². The third-order valence-corrected chi connectivity index (χ3v) is 7.18. The van der Waals surface area contributed by atoms with Crippen molar-refractivity contribution in [1.29, 1.82) is 0 Å². The monoisotopic (exact) mass is 394 g/mol. The van der Waals surface area contributed by atoms with E-state index in [1.807, 2.05) is 4.90 Å². The summed E-state index contributed by atoms with van der Waals surface area (Å²) in [5.74, 6) is 1.58. The van der Waals surface area contributed by atoms with Gasteiger partial charge in [0.25, 0.3) is 0 Å². The van der Waals surface area contributed by atoms with E-state index in [1.54, 1.807) is 31.4 Å². The molecule has 0 spiro atoms. The molecule has 1 saturated heterocycles. The van der Waals surface area contributed by atoms with Gasteiger partial charge in [-0.2, -0.15) is 0 Å². The second-order valence-corrected chi connectivity index (χ2v) is 9.50. The van der Waals surface area contributed by atoms with E-state index in [0.29, 0.717) is 31.2 Å². The first-order chi connectivity index (χ1) is 13.0. The minimum atomic E-state index is -3.55. The molecule has 1 N–H and O–H groups in total. The maximum atomic E-state index is 12.6. The van der Waals surface area contributed by atoms with E-state index in [4.69, 9.17) is 4.74 Å². The lowest BCUT2D eigenvalue weighted by atomic mass is 9.96. The summed E-state index contributed by atoms with van der Waals surface area (Å²) in [6, 6.07) is 6.36. The fourth-order valence-electron chi connectivity index (χ4n) is 4.11. The number of amides is 1. The largest absolute Gasteiger partial charge is 0.497 e. The Morgan fingerprint density at radius 2 is 1.78 bits per heavy atom. The summed E-state index contributed by atoms with van der Waals surface area (Å²) in [4.78, 5) is 14.7. The van der Waals surface area contributed by atoms with Gasteiger partial charge in [0.15, 0.2) is 0 Å². The molecule has 1 aliphatic carbocycles. The van der Waals surface area contributed by atoms with Crippen molar-refractivity contribution >= 4 is 15.9 Å². The van der Waals surface area contributed by atoms with Gasteiger partial charge in [-0.15, -0.1) is 0 Å². The third kappa shape index (κ3) is 5.45. The van der Waals surface area contributed by atoms with Crippen LogP contribution in [0.2, 0.25) is 0 Å². The lowest BCUT2D eigenvalue weighted by molar-refractivity contribution is -0.133. The maximum absolute atomic E-state index is 12.6. The summed E-state index contributed by atoms with van der Waals surface area (Å²) in [5, 5.41) is 0.